The zero-order valence-electron chi connectivity index (χ0n) is 11.2. The van der Waals surface area contributed by atoms with Crippen LogP contribution in [0.1, 0.15) is 29.8 Å². The Hall–Kier alpha value is -1.53. The van der Waals surface area contributed by atoms with E-state index in [2.05, 4.69) is 5.32 Å². The largest absolute Gasteiger partial charge is 0.459 e. The van der Waals surface area contributed by atoms with Gasteiger partial charge in [0.1, 0.15) is 0 Å². The van der Waals surface area contributed by atoms with Gasteiger partial charge in [0.2, 0.25) is 5.91 Å². The first-order valence-corrected chi connectivity index (χ1v) is 6.53. The van der Waals surface area contributed by atoms with Crippen molar-refractivity contribution in [2.24, 2.45) is 5.73 Å². The number of hydrogen-bond donors (Lipinski definition) is 2. The Morgan fingerprint density at radius 3 is 2.95 bits per heavy atom. The standard InChI is InChI=1S/C13H19N3O3.ClH/c14-9-10-3-1-7-16(10)12(17)5-6-15-13(18)11-4-2-8-19-11;/h2,4,8,10H,1,3,5-7,9,14H2,(H,15,18);1H. The first kappa shape index (κ1) is 16.5. The molecular formula is C13H20ClN3O3. The van der Waals surface area contributed by atoms with Crippen LogP contribution >= 0.6 is 12.4 Å². The molecule has 2 amide bonds. The molecule has 2 rings (SSSR count). The van der Waals surface area contributed by atoms with Crippen molar-refractivity contribution >= 4 is 24.2 Å². The summed E-state index contributed by atoms with van der Waals surface area (Å²) in [7, 11) is 0. The lowest BCUT2D eigenvalue weighted by Gasteiger charge is -2.23. The number of nitrogens with zero attached hydrogens (tertiary/aromatic N) is 1. The molecule has 1 aliphatic heterocycles. The van der Waals surface area contributed by atoms with Crippen molar-refractivity contribution < 1.29 is 14.0 Å². The highest BCUT2D eigenvalue weighted by molar-refractivity contribution is 5.91. The number of hydrogen-bond acceptors (Lipinski definition) is 4. The Labute approximate surface area is 124 Å². The van der Waals surface area contributed by atoms with E-state index in [9.17, 15) is 9.59 Å². The Kier molecular flexibility index (Phi) is 6.54. The van der Waals surface area contributed by atoms with Gasteiger partial charge in [-0.1, -0.05) is 0 Å². The topological polar surface area (TPSA) is 88.6 Å². The van der Waals surface area contributed by atoms with Gasteiger partial charge < -0.3 is 20.4 Å². The van der Waals surface area contributed by atoms with E-state index in [1.165, 1.54) is 6.26 Å². The molecule has 7 heteroatoms. The smallest absolute Gasteiger partial charge is 0.286 e. The van der Waals surface area contributed by atoms with Gasteiger partial charge in [-0.15, -0.1) is 12.4 Å². The third kappa shape index (κ3) is 3.98. The van der Waals surface area contributed by atoms with Gasteiger partial charge in [0.25, 0.3) is 5.91 Å². The van der Waals surface area contributed by atoms with Crippen molar-refractivity contribution in [3.63, 3.8) is 0 Å². The number of rotatable bonds is 5. The minimum atomic E-state index is -0.297. The lowest BCUT2D eigenvalue weighted by molar-refractivity contribution is -0.131. The fourth-order valence-electron chi connectivity index (χ4n) is 2.33. The minimum Gasteiger partial charge on any atom is -0.459 e. The van der Waals surface area contributed by atoms with E-state index in [4.69, 9.17) is 10.2 Å². The van der Waals surface area contributed by atoms with Crippen LogP contribution in [-0.4, -0.2) is 42.4 Å². The van der Waals surface area contributed by atoms with Crippen molar-refractivity contribution in [1.29, 1.82) is 0 Å². The van der Waals surface area contributed by atoms with Gasteiger partial charge in [0.15, 0.2) is 5.76 Å². The predicted molar refractivity (Wildman–Crippen MR) is 76.7 cm³/mol. The lowest BCUT2D eigenvalue weighted by atomic mass is 10.2. The van der Waals surface area contributed by atoms with E-state index in [0.29, 0.717) is 19.5 Å². The van der Waals surface area contributed by atoms with E-state index in [-0.39, 0.29) is 36.0 Å². The predicted octanol–water partition coefficient (Wildman–Crippen LogP) is 0.771. The molecule has 2 heterocycles. The van der Waals surface area contributed by atoms with Gasteiger partial charge in [-0.05, 0) is 25.0 Å². The molecule has 0 bridgehead atoms. The van der Waals surface area contributed by atoms with Crippen molar-refractivity contribution in [3.05, 3.63) is 24.2 Å². The van der Waals surface area contributed by atoms with E-state index in [1.807, 2.05) is 4.90 Å². The summed E-state index contributed by atoms with van der Waals surface area (Å²) >= 11 is 0. The van der Waals surface area contributed by atoms with Crippen LogP contribution in [0.4, 0.5) is 0 Å². The number of likely N-dealkylation sites (tertiary alicyclic amines) is 1. The molecule has 1 aromatic heterocycles. The van der Waals surface area contributed by atoms with Gasteiger partial charge in [0.05, 0.1) is 6.26 Å². The third-order valence-electron chi connectivity index (χ3n) is 3.34. The van der Waals surface area contributed by atoms with Crippen molar-refractivity contribution in [2.75, 3.05) is 19.6 Å². The highest BCUT2D eigenvalue weighted by Gasteiger charge is 2.26. The lowest BCUT2D eigenvalue weighted by Crippen LogP contribution is -2.41. The second-order valence-corrected chi connectivity index (χ2v) is 4.60. The zero-order chi connectivity index (χ0) is 13.7. The maximum atomic E-state index is 12.0. The van der Waals surface area contributed by atoms with Crippen LogP contribution in [0.2, 0.25) is 0 Å². The molecule has 0 aromatic carbocycles. The summed E-state index contributed by atoms with van der Waals surface area (Å²) in [4.78, 5) is 25.4. The number of carbonyl (C=O) groups excluding carboxylic acids is 2. The fraction of sp³-hybridized carbons (Fsp3) is 0.538. The quantitative estimate of drug-likeness (QED) is 0.841. The van der Waals surface area contributed by atoms with E-state index in [1.54, 1.807) is 12.1 Å². The summed E-state index contributed by atoms with van der Waals surface area (Å²) in [6, 6.07) is 3.39. The molecule has 1 unspecified atom stereocenters. The molecule has 1 aromatic rings. The number of halogens is 1. The molecule has 1 fully saturated rings. The average Bonchev–Trinajstić information content (AvgIpc) is 3.09. The Morgan fingerprint density at radius 2 is 2.30 bits per heavy atom. The first-order chi connectivity index (χ1) is 9.22. The van der Waals surface area contributed by atoms with Crippen LogP contribution < -0.4 is 11.1 Å². The Morgan fingerprint density at radius 1 is 1.50 bits per heavy atom. The van der Waals surface area contributed by atoms with Gasteiger partial charge in [0, 0.05) is 32.1 Å². The van der Waals surface area contributed by atoms with Crippen molar-refractivity contribution in [3.8, 4) is 0 Å². The summed E-state index contributed by atoms with van der Waals surface area (Å²) in [5.74, 6) is 0.00995. The monoisotopic (exact) mass is 301 g/mol. The molecule has 1 atom stereocenters. The van der Waals surface area contributed by atoms with Crippen molar-refractivity contribution in [1.82, 2.24) is 10.2 Å². The van der Waals surface area contributed by atoms with Crippen LogP contribution in [0.3, 0.4) is 0 Å². The number of nitrogens with one attached hydrogen (secondary N) is 1. The molecule has 6 nitrogen and oxygen atoms in total. The molecular weight excluding hydrogens is 282 g/mol. The SMILES string of the molecule is Cl.NCC1CCCN1C(=O)CCNC(=O)c1ccco1. The maximum absolute atomic E-state index is 12.0. The van der Waals surface area contributed by atoms with E-state index >= 15 is 0 Å². The number of carbonyl (C=O) groups is 2. The van der Waals surface area contributed by atoms with Gasteiger partial charge in [-0.3, -0.25) is 9.59 Å². The van der Waals surface area contributed by atoms with Gasteiger partial charge in [-0.2, -0.15) is 0 Å². The van der Waals surface area contributed by atoms with Gasteiger partial charge in [-0.25, -0.2) is 0 Å². The summed E-state index contributed by atoms with van der Waals surface area (Å²) in [5.41, 5.74) is 5.63. The van der Waals surface area contributed by atoms with Crippen LogP contribution in [0.15, 0.2) is 22.8 Å². The van der Waals surface area contributed by atoms with Crippen LogP contribution in [-0.2, 0) is 4.79 Å². The van der Waals surface area contributed by atoms with Crippen LogP contribution in [0, 0.1) is 0 Å². The second kappa shape index (κ2) is 7.91. The summed E-state index contributed by atoms with van der Waals surface area (Å²) in [5, 5.41) is 2.66. The van der Waals surface area contributed by atoms with E-state index in [0.717, 1.165) is 19.4 Å². The Balaban J connectivity index is 0.00000200. The number of amides is 2. The summed E-state index contributed by atoms with van der Waals surface area (Å²) in [6.45, 7) is 1.59. The molecule has 3 N–H and O–H groups in total. The highest BCUT2D eigenvalue weighted by atomic mass is 35.5. The summed E-state index contributed by atoms with van der Waals surface area (Å²) < 4.78 is 4.96. The fourth-order valence-corrected chi connectivity index (χ4v) is 2.33. The van der Waals surface area contributed by atoms with Crippen LogP contribution in [0.25, 0.3) is 0 Å². The highest BCUT2D eigenvalue weighted by Crippen LogP contribution is 2.16. The third-order valence-corrected chi connectivity index (χ3v) is 3.34. The molecule has 0 saturated carbocycles. The van der Waals surface area contributed by atoms with Crippen molar-refractivity contribution in [2.45, 2.75) is 25.3 Å². The molecule has 0 spiro atoms. The first-order valence-electron chi connectivity index (χ1n) is 6.53. The molecule has 1 saturated heterocycles. The maximum Gasteiger partial charge on any atom is 0.286 e. The molecule has 112 valence electrons. The molecule has 0 radical (unpaired) electrons. The summed E-state index contributed by atoms with van der Waals surface area (Å²) in [6.07, 6.45) is 3.71. The Bertz CT molecular complexity index is 436. The van der Waals surface area contributed by atoms with Gasteiger partial charge >= 0.3 is 0 Å². The minimum absolute atomic E-state index is 0. The number of furan rings is 1. The second-order valence-electron chi connectivity index (χ2n) is 4.60. The number of nitrogens with two attached hydrogens (primary N) is 1. The molecule has 20 heavy (non-hydrogen) atoms. The molecule has 1 aliphatic rings. The normalized spacial score (nSPS) is 17.6. The van der Waals surface area contributed by atoms with E-state index < -0.39 is 0 Å². The van der Waals surface area contributed by atoms with Crippen LogP contribution in [0.5, 0.6) is 0 Å². The molecule has 0 aliphatic carbocycles. The average molecular weight is 302 g/mol. The zero-order valence-corrected chi connectivity index (χ0v) is 12.0.